The Bertz CT molecular complexity index is 411. The molecule has 2 N–H and O–H groups in total. The molecule has 0 spiro atoms. The molecule has 1 heterocycles. The fourth-order valence-electron chi connectivity index (χ4n) is 2.34. The third-order valence-corrected chi connectivity index (χ3v) is 4.66. The van der Waals surface area contributed by atoms with Gasteiger partial charge in [-0.25, -0.2) is 0 Å². The van der Waals surface area contributed by atoms with Crippen molar-refractivity contribution >= 4 is 17.3 Å². The molecule has 0 amide bonds. The molecule has 1 aliphatic carbocycles. The second-order valence-electron chi connectivity index (χ2n) is 4.65. The lowest BCUT2D eigenvalue weighted by Gasteiger charge is -2.16. The summed E-state index contributed by atoms with van der Waals surface area (Å²) in [7, 11) is 0. The lowest BCUT2D eigenvalue weighted by atomic mass is 9.95. The van der Waals surface area contributed by atoms with Crippen LogP contribution in [0.15, 0.2) is 6.07 Å². The fraction of sp³-hybridized carbons (Fsp3) is 0.615. The summed E-state index contributed by atoms with van der Waals surface area (Å²) in [5.41, 5.74) is 1.04. The van der Waals surface area contributed by atoms with Crippen molar-refractivity contribution in [2.45, 2.75) is 45.1 Å². The third kappa shape index (κ3) is 2.69. The number of aliphatic hydroxyl groups excluding tert-OH is 1. The Morgan fingerprint density at radius 3 is 3.00 bits per heavy atom. The molecule has 94 valence electrons. The Kier molecular flexibility index (Phi) is 3.84. The summed E-state index contributed by atoms with van der Waals surface area (Å²) < 4.78 is 0. The Hall–Kier alpha value is -0.870. The Morgan fingerprint density at radius 2 is 2.41 bits per heavy atom. The van der Waals surface area contributed by atoms with Crippen LogP contribution in [-0.4, -0.2) is 16.2 Å². The second kappa shape index (κ2) is 5.19. The molecule has 0 radical (unpaired) electrons. The molecule has 1 aromatic heterocycles. The fourth-order valence-corrected chi connectivity index (χ4v) is 3.69. The van der Waals surface area contributed by atoms with Crippen LogP contribution < -0.4 is 0 Å². The second-order valence-corrected chi connectivity index (χ2v) is 5.87. The van der Waals surface area contributed by atoms with Gasteiger partial charge in [-0.2, -0.15) is 0 Å². The molecule has 1 aliphatic rings. The topological polar surface area (TPSA) is 57.5 Å². The van der Waals surface area contributed by atoms with Gasteiger partial charge in [-0.3, -0.25) is 4.79 Å². The van der Waals surface area contributed by atoms with Crippen molar-refractivity contribution in [1.82, 2.24) is 0 Å². The molecule has 4 heteroatoms. The highest BCUT2D eigenvalue weighted by Gasteiger charge is 2.23. The smallest absolute Gasteiger partial charge is 0.306 e. The SMILES string of the molecule is CCC(Cc1cc2c(s1)CCCC2O)C(=O)O. The molecule has 2 rings (SSSR count). The molecule has 17 heavy (non-hydrogen) atoms. The first-order valence-corrected chi connectivity index (χ1v) is 6.95. The highest BCUT2D eigenvalue weighted by molar-refractivity contribution is 7.12. The summed E-state index contributed by atoms with van der Waals surface area (Å²) >= 11 is 1.68. The number of carbonyl (C=O) groups is 1. The number of fused-ring (bicyclic) bond motifs is 1. The van der Waals surface area contributed by atoms with Crippen molar-refractivity contribution in [1.29, 1.82) is 0 Å². The van der Waals surface area contributed by atoms with Gasteiger partial charge in [0.1, 0.15) is 0 Å². The van der Waals surface area contributed by atoms with Gasteiger partial charge in [0.25, 0.3) is 0 Å². The Morgan fingerprint density at radius 1 is 1.65 bits per heavy atom. The molecule has 0 aliphatic heterocycles. The maximum atomic E-state index is 11.0. The van der Waals surface area contributed by atoms with E-state index in [1.165, 1.54) is 4.88 Å². The van der Waals surface area contributed by atoms with Crippen LogP contribution in [0.5, 0.6) is 0 Å². The first-order valence-electron chi connectivity index (χ1n) is 6.14. The lowest BCUT2D eigenvalue weighted by molar-refractivity contribution is -0.141. The highest BCUT2D eigenvalue weighted by atomic mass is 32.1. The van der Waals surface area contributed by atoms with E-state index in [1.54, 1.807) is 11.3 Å². The molecule has 2 unspecified atom stereocenters. The van der Waals surface area contributed by atoms with E-state index in [9.17, 15) is 9.90 Å². The number of carboxylic acid groups (broad SMARTS) is 1. The van der Waals surface area contributed by atoms with E-state index in [1.807, 2.05) is 13.0 Å². The lowest BCUT2D eigenvalue weighted by Crippen LogP contribution is -2.14. The molecule has 1 aromatic rings. The summed E-state index contributed by atoms with van der Waals surface area (Å²) in [6.45, 7) is 1.90. The van der Waals surface area contributed by atoms with Gasteiger partial charge in [-0.05, 0) is 43.7 Å². The number of hydrogen-bond donors (Lipinski definition) is 2. The molecule has 2 atom stereocenters. The minimum Gasteiger partial charge on any atom is -0.481 e. The monoisotopic (exact) mass is 254 g/mol. The number of aryl methyl sites for hydroxylation is 1. The molecule has 0 saturated heterocycles. The van der Waals surface area contributed by atoms with Crippen LogP contribution in [0.4, 0.5) is 0 Å². The van der Waals surface area contributed by atoms with Crippen LogP contribution in [0.3, 0.4) is 0 Å². The zero-order chi connectivity index (χ0) is 12.4. The zero-order valence-electron chi connectivity index (χ0n) is 9.98. The first-order chi connectivity index (χ1) is 8.11. The summed E-state index contributed by atoms with van der Waals surface area (Å²) in [5.74, 6) is -1.02. The van der Waals surface area contributed by atoms with E-state index in [0.29, 0.717) is 12.8 Å². The van der Waals surface area contributed by atoms with E-state index in [4.69, 9.17) is 5.11 Å². The van der Waals surface area contributed by atoms with Crippen molar-refractivity contribution in [3.63, 3.8) is 0 Å². The summed E-state index contributed by atoms with van der Waals surface area (Å²) in [6, 6.07) is 2.01. The largest absolute Gasteiger partial charge is 0.481 e. The molecular formula is C13H18O3S. The van der Waals surface area contributed by atoms with Crippen LogP contribution >= 0.6 is 11.3 Å². The quantitative estimate of drug-likeness (QED) is 0.868. The van der Waals surface area contributed by atoms with Gasteiger partial charge in [0.05, 0.1) is 12.0 Å². The van der Waals surface area contributed by atoms with Crippen LogP contribution in [0.1, 0.15) is 47.6 Å². The first kappa shape index (κ1) is 12.6. The average Bonchev–Trinajstić information content (AvgIpc) is 2.69. The van der Waals surface area contributed by atoms with Crippen molar-refractivity contribution in [3.05, 3.63) is 21.4 Å². The highest BCUT2D eigenvalue weighted by Crippen LogP contribution is 2.36. The molecule has 0 saturated carbocycles. The van der Waals surface area contributed by atoms with Crippen LogP contribution in [0, 0.1) is 5.92 Å². The van der Waals surface area contributed by atoms with Crippen LogP contribution in [0.2, 0.25) is 0 Å². The van der Waals surface area contributed by atoms with Crippen LogP contribution in [0.25, 0.3) is 0 Å². The normalized spacial score (nSPS) is 20.9. The molecular weight excluding hydrogens is 236 g/mol. The van der Waals surface area contributed by atoms with E-state index in [2.05, 4.69) is 0 Å². The number of aliphatic carboxylic acids is 1. The molecule has 0 bridgehead atoms. The number of aliphatic hydroxyl groups is 1. The zero-order valence-corrected chi connectivity index (χ0v) is 10.8. The van der Waals surface area contributed by atoms with E-state index in [0.717, 1.165) is 29.7 Å². The maximum Gasteiger partial charge on any atom is 0.306 e. The van der Waals surface area contributed by atoms with Crippen LogP contribution in [-0.2, 0) is 17.6 Å². The number of hydrogen-bond acceptors (Lipinski definition) is 3. The minimum absolute atomic E-state index is 0.299. The standard InChI is InChI=1S/C13H18O3S/c1-2-8(13(15)16)6-9-7-10-11(14)4-3-5-12(10)17-9/h7-8,11,14H,2-6H2,1H3,(H,15,16). The predicted molar refractivity (Wildman–Crippen MR) is 67.3 cm³/mol. The van der Waals surface area contributed by atoms with E-state index < -0.39 is 5.97 Å². The van der Waals surface area contributed by atoms with Crippen molar-refractivity contribution in [2.24, 2.45) is 5.92 Å². The van der Waals surface area contributed by atoms with Gasteiger partial charge in [0.15, 0.2) is 0 Å². The van der Waals surface area contributed by atoms with Crippen molar-refractivity contribution < 1.29 is 15.0 Å². The molecule has 0 aromatic carbocycles. The van der Waals surface area contributed by atoms with Gasteiger partial charge in [0.2, 0.25) is 0 Å². The van der Waals surface area contributed by atoms with Gasteiger partial charge in [0, 0.05) is 9.75 Å². The number of rotatable bonds is 4. The van der Waals surface area contributed by atoms with Crippen molar-refractivity contribution in [3.8, 4) is 0 Å². The average molecular weight is 254 g/mol. The van der Waals surface area contributed by atoms with Gasteiger partial charge in [-0.15, -0.1) is 11.3 Å². The van der Waals surface area contributed by atoms with Gasteiger partial charge < -0.3 is 10.2 Å². The Labute approximate surface area is 105 Å². The number of carboxylic acids is 1. The molecule has 3 nitrogen and oxygen atoms in total. The van der Waals surface area contributed by atoms with Gasteiger partial charge in [-0.1, -0.05) is 6.92 Å². The van der Waals surface area contributed by atoms with Gasteiger partial charge >= 0.3 is 5.97 Å². The third-order valence-electron chi connectivity index (χ3n) is 3.42. The number of thiophene rings is 1. The predicted octanol–water partition coefficient (Wildman–Crippen LogP) is 2.77. The summed E-state index contributed by atoms with van der Waals surface area (Å²) in [4.78, 5) is 13.3. The van der Waals surface area contributed by atoms with E-state index in [-0.39, 0.29) is 12.0 Å². The summed E-state index contributed by atoms with van der Waals surface area (Å²) in [5, 5.41) is 18.9. The molecule has 0 fully saturated rings. The van der Waals surface area contributed by atoms with Crippen molar-refractivity contribution in [2.75, 3.05) is 0 Å². The van der Waals surface area contributed by atoms with E-state index >= 15 is 0 Å². The summed E-state index contributed by atoms with van der Waals surface area (Å²) in [6.07, 6.45) is 3.80. The Balaban J connectivity index is 2.15. The maximum absolute atomic E-state index is 11.0. The minimum atomic E-state index is -0.723.